The number of ether oxygens (including phenoxy) is 1. The van der Waals surface area contributed by atoms with Crippen LogP contribution in [0.5, 0.6) is 0 Å². The summed E-state index contributed by atoms with van der Waals surface area (Å²) < 4.78 is 39.3. The summed E-state index contributed by atoms with van der Waals surface area (Å²) in [6, 6.07) is 6.73. The molecule has 8 nitrogen and oxygen atoms in total. The molecule has 10 heteroatoms. The lowest BCUT2D eigenvalue weighted by molar-refractivity contribution is -0.154. The SMILES string of the molecule is CCc1csc(C(Cc2ccccc2NS(=O)(=O)O)NCCCC(=O)OC(C)(C)C)n1. The lowest BCUT2D eigenvalue weighted by Gasteiger charge is -2.20. The van der Waals surface area contributed by atoms with Gasteiger partial charge in [0.05, 0.1) is 17.4 Å². The van der Waals surface area contributed by atoms with Gasteiger partial charge in [-0.05, 0) is 58.2 Å². The Morgan fingerprint density at radius 3 is 2.61 bits per heavy atom. The van der Waals surface area contributed by atoms with Crippen molar-refractivity contribution in [1.82, 2.24) is 10.3 Å². The van der Waals surface area contributed by atoms with Gasteiger partial charge in [-0.3, -0.25) is 14.1 Å². The van der Waals surface area contributed by atoms with Crippen LogP contribution in [0.25, 0.3) is 0 Å². The molecule has 0 aliphatic heterocycles. The number of para-hydroxylation sites is 1. The van der Waals surface area contributed by atoms with Crippen molar-refractivity contribution in [3.63, 3.8) is 0 Å². The van der Waals surface area contributed by atoms with Crippen molar-refractivity contribution in [3.8, 4) is 0 Å². The molecular weight excluding hydrogens is 438 g/mol. The van der Waals surface area contributed by atoms with Crippen LogP contribution in [-0.4, -0.2) is 36.1 Å². The molecule has 2 rings (SSSR count). The average Bonchev–Trinajstić information content (AvgIpc) is 3.12. The van der Waals surface area contributed by atoms with E-state index in [1.165, 1.54) is 11.3 Å². The van der Waals surface area contributed by atoms with Gasteiger partial charge in [0.15, 0.2) is 0 Å². The number of nitrogens with one attached hydrogen (secondary N) is 2. The van der Waals surface area contributed by atoms with E-state index in [1.807, 2.05) is 39.1 Å². The quantitative estimate of drug-likeness (QED) is 0.259. The fourth-order valence-corrected chi connectivity index (χ4v) is 4.40. The maximum absolute atomic E-state index is 11.9. The molecule has 1 atom stereocenters. The van der Waals surface area contributed by atoms with Gasteiger partial charge in [-0.15, -0.1) is 11.3 Å². The Morgan fingerprint density at radius 1 is 1.29 bits per heavy atom. The monoisotopic (exact) mass is 469 g/mol. The van der Waals surface area contributed by atoms with E-state index < -0.39 is 15.9 Å². The van der Waals surface area contributed by atoms with Gasteiger partial charge in [-0.25, -0.2) is 4.98 Å². The number of benzene rings is 1. The third-order valence-corrected chi connectivity index (χ3v) is 5.76. The predicted molar refractivity (Wildman–Crippen MR) is 123 cm³/mol. The first-order valence-electron chi connectivity index (χ1n) is 10.2. The highest BCUT2D eigenvalue weighted by atomic mass is 32.2. The molecule has 1 aromatic heterocycles. The minimum Gasteiger partial charge on any atom is -0.460 e. The molecule has 31 heavy (non-hydrogen) atoms. The standard InChI is InChI=1S/C21H31N3O5S2/c1-5-16-14-30-20(23-16)18(22-12-8-11-19(25)29-21(2,3)4)13-15-9-6-7-10-17(15)24-31(26,27)28/h6-7,9-10,14,18,22,24H,5,8,11-13H2,1-4H3,(H,26,27,28). The van der Waals surface area contributed by atoms with E-state index in [-0.39, 0.29) is 12.0 Å². The molecule has 172 valence electrons. The zero-order valence-electron chi connectivity index (χ0n) is 18.3. The number of hydrogen-bond acceptors (Lipinski definition) is 7. The van der Waals surface area contributed by atoms with Crippen LogP contribution in [0.2, 0.25) is 0 Å². The molecule has 1 unspecified atom stereocenters. The third-order valence-electron chi connectivity index (χ3n) is 4.28. The van der Waals surface area contributed by atoms with Crippen molar-refractivity contribution < 1.29 is 22.5 Å². The van der Waals surface area contributed by atoms with Crippen molar-refractivity contribution >= 4 is 33.3 Å². The summed E-state index contributed by atoms with van der Waals surface area (Å²) in [6.45, 7) is 8.12. The molecule has 0 aliphatic rings. The lowest BCUT2D eigenvalue weighted by atomic mass is 10.0. The van der Waals surface area contributed by atoms with E-state index in [0.717, 1.165) is 22.7 Å². The number of nitrogens with zero attached hydrogens (tertiary/aromatic N) is 1. The number of thiazole rings is 1. The van der Waals surface area contributed by atoms with Crippen molar-refractivity contribution in [2.45, 2.75) is 65.0 Å². The van der Waals surface area contributed by atoms with Crippen molar-refractivity contribution in [2.75, 3.05) is 11.3 Å². The predicted octanol–water partition coefficient (Wildman–Crippen LogP) is 3.92. The second kappa shape index (κ2) is 11.0. The summed E-state index contributed by atoms with van der Waals surface area (Å²) in [5.41, 5.74) is 1.52. The van der Waals surface area contributed by atoms with Gasteiger partial charge in [-0.2, -0.15) is 8.42 Å². The molecule has 3 N–H and O–H groups in total. The number of anilines is 1. The highest BCUT2D eigenvalue weighted by molar-refractivity contribution is 7.87. The van der Waals surface area contributed by atoms with Crippen LogP contribution in [-0.2, 0) is 32.7 Å². The van der Waals surface area contributed by atoms with E-state index in [9.17, 15) is 17.8 Å². The average molecular weight is 470 g/mol. The van der Waals surface area contributed by atoms with Crippen LogP contribution in [0, 0.1) is 0 Å². The number of rotatable bonds is 11. The van der Waals surface area contributed by atoms with Gasteiger partial charge in [0.2, 0.25) is 0 Å². The Labute approximate surface area is 188 Å². The molecule has 0 saturated carbocycles. The molecule has 0 fully saturated rings. The zero-order chi connectivity index (χ0) is 23.1. The largest absolute Gasteiger partial charge is 0.460 e. The first-order valence-corrected chi connectivity index (χ1v) is 12.5. The van der Waals surface area contributed by atoms with Crippen molar-refractivity contribution in [2.24, 2.45) is 0 Å². The van der Waals surface area contributed by atoms with Crippen LogP contribution in [0.4, 0.5) is 5.69 Å². The molecule has 0 saturated heterocycles. The molecule has 1 aromatic carbocycles. The molecule has 0 amide bonds. The fraction of sp³-hybridized carbons (Fsp3) is 0.524. The number of esters is 1. The summed E-state index contributed by atoms with van der Waals surface area (Å²) in [7, 11) is -4.38. The number of aromatic nitrogens is 1. The molecular formula is C21H31N3O5S2. The number of carbonyl (C=O) groups is 1. The van der Waals surface area contributed by atoms with Gasteiger partial charge < -0.3 is 10.1 Å². The molecule has 1 heterocycles. The minimum atomic E-state index is -4.38. The summed E-state index contributed by atoms with van der Waals surface area (Å²) in [4.78, 5) is 16.6. The minimum absolute atomic E-state index is 0.173. The van der Waals surface area contributed by atoms with E-state index in [0.29, 0.717) is 31.5 Å². The normalized spacial score (nSPS) is 13.1. The van der Waals surface area contributed by atoms with Crippen LogP contribution in [0.15, 0.2) is 29.6 Å². The van der Waals surface area contributed by atoms with Gasteiger partial charge >= 0.3 is 16.3 Å². The van der Waals surface area contributed by atoms with Crippen molar-refractivity contribution in [3.05, 3.63) is 45.9 Å². The topological polar surface area (TPSA) is 118 Å². The third kappa shape index (κ3) is 9.34. The summed E-state index contributed by atoms with van der Waals surface area (Å²) in [6.07, 6.45) is 2.18. The molecule has 0 aliphatic carbocycles. The molecule has 0 spiro atoms. The van der Waals surface area contributed by atoms with Gasteiger partial charge in [-0.1, -0.05) is 25.1 Å². The van der Waals surface area contributed by atoms with Crippen LogP contribution < -0.4 is 10.0 Å². The maximum atomic E-state index is 11.9. The fourth-order valence-electron chi connectivity index (χ4n) is 2.95. The summed E-state index contributed by atoms with van der Waals surface area (Å²) in [5.74, 6) is -0.240. The highest BCUT2D eigenvalue weighted by Crippen LogP contribution is 2.26. The number of carbonyl (C=O) groups excluding carboxylic acids is 1. The second-order valence-electron chi connectivity index (χ2n) is 8.17. The Hall–Kier alpha value is -2.01. The van der Waals surface area contributed by atoms with Gasteiger partial charge in [0, 0.05) is 11.8 Å². The van der Waals surface area contributed by atoms with Crippen LogP contribution in [0.1, 0.15) is 62.8 Å². The Bertz CT molecular complexity index is 967. The van der Waals surface area contributed by atoms with Gasteiger partial charge in [0.25, 0.3) is 0 Å². The van der Waals surface area contributed by atoms with E-state index in [1.54, 1.807) is 18.2 Å². The Balaban J connectivity index is 2.09. The highest BCUT2D eigenvalue weighted by Gasteiger charge is 2.20. The second-order valence-corrected chi connectivity index (χ2v) is 10.2. The zero-order valence-corrected chi connectivity index (χ0v) is 20.0. The van der Waals surface area contributed by atoms with Crippen LogP contribution in [0.3, 0.4) is 0 Å². The lowest BCUT2D eigenvalue weighted by Crippen LogP contribution is -2.27. The Morgan fingerprint density at radius 2 is 2.00 bits per heavy atom. The van der Waals surface area contributed by atoms with E-state index in [2.05, 4.69) is 15.0 Å². The first-order chi connectivity index (χ1) is 14.5. The molecule has 2 aromatic rings. The molecule has 0 radical (unpaired) electrons. The number of hydrogen-bond donors (Lipinski definition) is 3. The summed E-state index contributed by atoms with van der Waals surface area (Å²) >= 11 is 1.54. The first kappa shape index (κ1) is 25.3. The summed E-state index contributed by atoms with van der Waals surface area (Å²) in [5, 5.41) is 6.32. The maximum Gasteiger partial charge on any atom is 0.357 e. The van der Waals surface area contributed by atoms with Crippen LogP contribution >= 0.6 is 11.3 Å². The van der Waals surface area contributed by atoms with E-state index >= 15 is 0 Å². The smallest absolute Gasteiger partial charge is 0.357 e. The number of aryl methyl sites for hydroxylation is 1. The Kier molecular flexibility index (Phi) is 8.99. The van der Waals surface area contributed by atoms with Gasteiger partial charge in [0.1, 0.15) is 10.6 Å². The van der Waals surface area contributed by atoms with E-state index in [4.69, 9.17) is 4.74 Å². The van der Waals surface area contributed by atoms with Crippen molar-refractivity contribution in [1.29, 1.82) is 0 Å². The molecule has 0 bridgehead atoms.